The van der Waals surface area contributed by atoms with Crippen LogP contribution in [0, 0.1) is 5.82 Å². The fourth-order valence-corrected chi connectivity index (χ4v) is 4.98. The van der Waals surface area contributed by atoms with Gasteiger partial charge in [-0.1, -0.05) is 30.3 Å². The van der Waals surface area contributed by atoms with E-state index < -0.39 is 101 Å². The van der Waals surface area contributed by atoms with Crippen LogP contribution in [0.5, 0.6) is 0 Å². The van der Waals surface area contributed by atoms with Gasteiger partial charge in [-0.05, 0) is 29.7 Å². The maximum atomic E-state index is 15.4. The van der Waals surface area contributed by atoms with Crippen molar-refractivity contribution in [1.82, 2.24) is 4.57 Å². The molecule has 13 heteroatoms. The predicted molar refractivity (Wildman–Crippen MR) is 143 cm³/mol. The Kier molecular flexibility index (Phi) is 8.11. The highest BCUT2D eigenvalue weighted by Crippen LogP contribution is 2.38. The smallest absolute Gasteiger partial charge is 0.303 e. The number of ether oxygens (including phenoxy) is 5. The molecule has 2 aromatic carbocycles. The third-order valence-electron chi connectivity index (χ3n) is 6.61. The summed E-state index contributed by atoms with van der Waals surface area (Å²) in [5.41, 5.74) is 0.860. The number of esters is 4. The van der Waals surface area contributed by atoms with Crippen molar-refractivity contribution >= 4 is 34.8 Å². The van der Waals surface area contributed by atoms with Gasteiger partial charge in [0.15, 0.2) is 24.5 Å². The minimum absolute atomic E-state index is 0.0450. The monoisotopic (exact) mass is 609 g/mol. The highest BCUT2D eigenvalue weighted by atomic mass is 19.3. The summed E-state index contributed by atoms with van der Waals surface area (Å²) in [5, 5.41) is 0.0826. The van der Waals surface area contributed by atoms with E-state index in [0.29, 0.717) is 11.1 Å². The molecule has 230 valence electrons. The Labute approximate surface area is 250 Å². The van der Waals surface area contributed by atoms with E-state index in [1.165, 1.54) is 53.2 Å². The molecule has 2 heterocycles. The van der Waals surface area contributed by atoms with Gasteiger partial charge in [0.05, 0.1) is 5.52 Å². The van der Waals surface area contributed by atoms with Gasteiger partial charge in [-0.2, -0.15) is 0 Å². The minimum Gasteiger partial charge on any atom is -0.463 e. The van der Waals surface area contributed by atoms with Crippen LogP contribution in [0.4, 0.5) is 13.2 Å². The molecule has 3 aromatic rings. The summed E-state index contributed by atoms with van der Waals surface area (Å²) in [5.74, 6) is -5.06. The van der Waals surface area contributed by atoms with Crippen LogP contribution in [0.15, 0.2) is 48.7 Å². The Morgan fingerprint density at radius 2 is 1.51 bits per heavy atom. The zero-order valence-electron chi connectivity index (χ0n) is 26.6. The van der Waals surface area contributed by atoms with E-state index in [-0.39, 0.29) is 22.9 Å². The molecule has 1 saturated heterocycles. The lowest BCUT2D eigenvalue weighted by molar-refractivity contribution is -0.267. The van der Waals surface area contributed by atoms with Crippen molar-refractivity contribution in [3.63, 3.8) is 0 Å². The number of rotatable bonds is 9. The standard InChI is InChI=1S/C30H30F3NO9/c1-15(35)39-14-24-26(40-16(2)36)27(41-17(3)37)28(42-18(4)38)30(43-24)34-13-21(25-22(31)6-5-7-23(25)34)12-19-8-10-20(11-9-19)29(32)33/h5-11,13,24,26-30H,12,14H2,1-4H3/t24-,26-,27+,28-,30?/m1/s1/i1D,2D,3D,4D. The molecular weight excluding hydrogens is 575 g/mol. The molecule has 0 spiro atoms. The first kappa shape index (κ1) is 26.3. The molecule has 1 unspecified atom stereocenters. The van der Waals surface area contributed by atoms with Crippen LogP contribution < -0.4 is 0 Å². The third-order valence-corrected chi connectivity index (χ3v) is 6.61. The molecule has 0 amide bonds. The molecule has 1 aliphatic rings. The zero-order valence-corrected chi connectivity index (χ0v) is 22.6. The van der Waals surface area contributed by atoms with E-state index in [9.17, 15) is 28.0 Å². The van der Waals surface area contributed by atoms with Crippen molar-refractivity contribution in [3.05, 3.63) is 71.2 Å². The van der Waals surface area contributed by atoms with Gasteiger partial charge in [-0.25, -0.2) is 13.2 Å². The number of alkyl halides is 2. The van der Waals surface area contributed by atoms with Crippen LogP contribution in [0.3, 0.4) is 0 Å². The SMILES string of the molecule is [2H]CC(=O)OC[C@H]1OC(n2cc(Cc3ccc(C(F)F)cc3)c3c(F)cccc32)[C@H](OC(=O)C[2H])[C@@H](OC(=O)C[2H])[C@@H]1OC(=O)C[2H]. The molecule has 1 fully saturated rings. The quantitative estimate of drug-likeness (QED) is 0.254. The van der Waals surface area contributed by atoms with Crippen molar-refractivity contribution in [2.24, 2.45) is 0 Å². The summed E-state index contributed by atoms with van der Waals surface area (Å²) >= 11 is 0. The molecule has 0 radical (unpaired) electrons. The van der Waals surface area contributed by atoms with E-state index in [1.54, 1.807) is 0 Å². The van der Waals surface area contributed by atoms with E-state index in [1.807, 2.05) is 0 Å². The Morgan fingerprint density at radius 1 is 0.884 bits per heavy atom. The number of hydrogen-bond donors (Lipinski definition) is 0. The number of aromatic nitrogens is 1. The summed E-state index contributed by atoms with van der Waals surface area (Å²) in [6.45, 7) is -4.15. The second kappa shape index (κ2) is 13.3. The van der Waals surface area contributed by atoms with Crippen molar-refractivity contribution in [3.8, 4) is 0 Å². The van der Waals surface area contributed by atoms with Gasteiger partial charge in [0.25, 0.3) is 6.43 Å². The molecule has 0 saturated carbocycles. The van der Waals surface area contributed by atoms with Crippen LogP contribution >= 0.6 is 0 Å². The van der Waals surface area contributed by atoms with Crippen molar-refractivity contribution in [2.45, 2.75) is 71.1 Å². The highest BCUT2D eigenvalue weighted by molar-refractivity contribution is 5.85. The number of benzene rings is 2. The Balaban J connectivity index is 1.88. The molecule has 1 aliphatic heterocycles. The summed E-state index contributed by atoms with van der Waals surface area (Å²) < 4.78 is 100. The second-order valence-corrected chi connectivity index (χ2v) is 9.53. The van der Waals surface area contributed by atoms with Crippen LogP contribution in [-0.4, -0.2) is 59.5 Å². The van der Waals surface area contributed by atoms with Gasteiger partial charge >= 0.3 is 23.9 Å². The zero-order chi connectivity index (χ0) is 34.2. The van der Waals surface area contributed by atoms with Gasteiger partial charge < -0.3 is 28.3 Å². The summed E-state index contributed by atoms with van der Waals surface area (Å²) in [6, 6.07) is 9.46. The van der Waals surface area contributed by atoms with Crippen LogP contribution in [-0.2, 0) is 49.3 Å². The van der Waals surface area contributed by atoms with Crippen LogP contribution in [0.2, 0.25) is 0 Å². The summed E-state index contributed by atoms with van der Waals surface area (Å²) in [7, 11) is 0. The molecule has 4 rings (SSSR count). The number of hydrogen-bond acceptors (Lipinski definition) is 9. The van der Waals surface area contributed by atoms with E-state index in [2.05, 4.69) is 0 Å². The maximum Gasteiger partial charge on any atom is 0.303 e. The largest absolute Gasteiger partial charge is 0.463 e. The first-order valence-corrected chi connectivity index (χ1v) is 12.7. The molecular formula is C30H30F3NO9. The molecule has 0 N–H and O–H groups in total. The molecule has 0 bridgehead atoms. The third kappa shape index (κ3) is 7.34. The van der Waals surface area contributed by atoms with Crippen LogP contribution in [0.1, 0.15) is 62.4 Å². The predicted octanol–water partition coefficient (Wildman–Crippen LogP) is 4.56. The topological polar surface area (TPSA) is 119 Å². The summed E-state index contributed by atoms with van der Waals surface area (Å²) in [6.07, 6.45) is -9.33. The van der Waals surface area contributed by atoms with Crippen molar-refractivity contribution < 1.29 is 61.5 Å². The van der Waals surface area contributed by atoms with Crippen molar-refractivity contribution in [1.29, 1.82) is 0 Å². The first-order valence-electron chi connectivity index (χ1n) is 15.5. The lowest BCUT2D eigenvalue weighted by Crippen LogP contribution is -2.60. The van der Waals surface area contributed by atoms with Crippen molar-refractivity contribution in [2.75, 3.05) is 6.61 Å². The Hall–Kier alpha value is -4.39. The maximum absolute atomic E-state index is 15.4. The summed E-state index contributed by atoms with van der Waals surface area (Å²) in [4.78, 5) is 49.2. The lowest BCUT2D eigenvalue weighted by Gasteiger charge is -2.44. The van der Waals surface area contributed by atoms with Gasteiger partial charge in [0.2, 0.25) is 0 Å². The number of nitrogens with zero attached hydrogens (tertiary/aromatic N) is 1. The normalized spacial score (nSPS) is 23.0. The van der Waals surface area contributed by atoms with Gasteiger partial charge in [0, 0.05) is 50.2 Å². The van der Waals surface area contributed by atoms with E-state index >= 15 is 4.39 Å². The molecule has 0 aliphatic carbocycles. The number of halogens is 3. The fourth-order valence-electron chi connectivity index (χ4n) is 4.98. The first-order chi connectivity index (χ1) is 22.5. The number of fused-ring (bicyclic) bond motifs is 1. The van der Waals surface area contributed by atoms with Gasteiger partial charge in [0.1, 0.15) is 18.5 Å². The molecule has 43 heavy (non-hydrogen) atoms. The second-order valence-electron chi connectivity index (χ2n) is 9.53. The Morgan fingerprint density at radius 3 is 2.14 bits per heavy atom. The van der Waals surface area contributed by atoms with E-state index in [0.717, 1.165) is 0 Å². The lowest BCUT2D eigenvalue weighted by atomic mass is 9.97. The molecule has 10 nitrogen and oxygen atoms in total. The van der Waals surface area contributed by atoms with Gasteiger partial charge in [-0.15, -0.1) is 0 Å². The molecule has 1 aromatic heterocycles. The average Bonchev–Trinajstić information content (AvgIpc) is 3.44. The van der Waals surface area contributed by atoms with Crippen LogP contribution in [0.25, 0.3) is 10.9 Å². The highest BCUT2D eigenvalue weighted by Gasteiger charge is 2.53. The molecule has 5 atom stereocenters. The minimum atomic E-state index is -2.69. The number of carbonyl (C=O) groups excluding carboxylic acids is 4. The fraction of sp³-hybridized carbons (Fsp3) is 0.400. The van der Waals surface area contributed by atoms with E-state index in [4.69, 9.17) is 29.2 Å². The van der Waals surface area contributed by atoms with Gasteiger partial charge in [-0.3, -0.25) is 19.2 Å². The average molecular weight is 610 g/mol. The number of carbonyl (C=O) groups is 4. The Bertz CT molecular complexity index is 1590.